The fourth-order valence-electron chi connectivity index (χ4n) is 4.48. The molecule has 0 aliphatic rings. The third-order valence-electron chi connectivity index (χ3n) is 7.29. The highest BCUT2D eigenvalue weighted by atomic mass is 16.7. The van der Waals surface area contributed by atoms with Gasteiger partial charge in [0.05, 0.1) is 11.8 Å². The second-order valence-corrected chi connectivity index (χ2v) is 11.3. The average Bonchev–Trinajstić information content (AvgIpc) is 3.22. The minimum Gasteiger partial charge on any atom is -0.490 e. The third-order valence-corrected chi connectivity index (χ3v) is 7.29. The molecule has 0 heterocycles. The maximum Gasteiger partial charge on any atom is 0.335 e. The van der Waals surface area contributed by atoms with E-state index in [1.54, 1.807) is 36.4 Å². The zero-order valence-electron chi connectivity index (χ0n) is 30.5. The van der Waals surface area contributed by atoms with Gasteiger partial charge in [0.1, 0.15) is 24.7 Å². The Morgan fingerprint density at radius 3 is 1.75 bits per heavy atom. The van der Waals surface area contributed by atoms with E-state index in [0.717, 1.165) is 35.6 Å². The van der Waals surface area contributed by atoms with Crippen molar-refractivity contribution in [2.45, 2.75) is 6.92 Å². The van der Waals surface area contributed by atoms with E-state index in [-0.39, 0.29) is 31.3 Å². The first-order chi connectivity index (χ1) is 27.1. The van der Waals surface area contributed by atoms with Crippen LogP contribution in [0.3, 0.4) is 0 Å². The molecule has 10 nitrogen and oxygen atoms in total. The van der Waals surface area contributed by atoms with Crippen LogP contribution in [-0.2, 0) is 33.4 Å². The van der Waals surface area contributed by atoms with Crippen LogP contribution in [0.2, 0.25) is 0 Å². The molecule has 0 unspecified atom stereocenters. The fraction of sp³-hybridized carbons (Fsp3) is 0.0870. The van der Waals surface area contributed by atoms with Crippen molar-refractivity contribution >= 4 is 30.0 Å². The Hall–Kier alpha value is -7.82. The predicted molar refractivity (Wildman–Crippen MR) is 211 cm³/mol. The zero-order chi connectivity index (χ0) is 40.3. The van der Waals surface area contributed by atoms with Gasteiger partial charge in [-0.25, -0.2) is 19.2 Å². The first-order valence-corrected chi connectivity index (χ1v) is 16.8. The van der Waals surface area contributed by atoms with Crippen LogP contribution in [0.4, 0.5) is 0 Å². The van der Waals surface area contributed by atoms with Gasteiger partial charge >= 0.3 is 23.9 Å². The summed E-state index contributed by atoms with van der Waals surface area (Å²) < 4.78 is 31.7. The number of ether oxygens (including phenoxy) is 6. The number of rotatable bonds is 15. The summed E-state index contributed by atoms with van der Waals surface area (Å²) in [6, 6.07) is 25.2. The molecule has 56 heavy (non-hydrogen) atoms. The van der Waals surface area contributed by atoms with Crippen LogP contribution in [0.15, 0.2) is 141 Å². The lowest BCUT2D eigenvalue weighted by Gasteiger charge is -2.11. The Morgan fingerprint density at radius 2 is 1.14 bits per heavy atom. The molecular formula is C46H36O10. The molecule has 0 fully saturated rings. The molecule has 4 aromatic carbocycles. The van der Waals surface area contributed by atoms with Gasteiger partial charge in [-0.3, -0.25) is 0 Å². The van der Waals surface area contributed by atoms with Crippen molar-refractivity contribution in [3.05, 3.63) is 169 Å². The van der Waals surface area contributed by atoms with Crippen LogP contribution in [0.25, 0.3) is 17.2 Å². The number of esters is 4. The van der Waals surface area contributed by atoms with Crippen LogP contribution in [0, 0.1) is 23.7 Å². The second-order valence-electron chi connectivity index (χ2n) is 11.3. The Kier molecular flexibility index (Phi) is 15.4. The summed E-state index contributed by atoms with van der Waals surface area (Å²) in [4.78, 5) is 47.1. The van der Waals surface area contributed by atoms with Gasteiger partial charge in [-0.05, 0) is 84.8 Å². The number of carbonyl (C=O) groups excluding carboxylic acids is 4. The van der Waals surface area contributed by atoms with Gasteiger partial charge in [-0.15, -0.1) is 0 Å². The van der Waals surface area contributed by atoms with Crippen molar-refractivity contribution in [1.82, 2.24) is 0 Å². The standard InChI is InChI=1S/C46H36O10/c1-6-42(47)52-28-27-41-37(17-11-33-9-15-35(16-10-33)36-21-25-39(26-22-36)51-29-30-53-43(48)7-2)19-20-38(45(41)56-44(49)8-3)18-12-34-13-23-40(24-14-34)54-31-55-46(50)32(4)5/h6-10,13-16,19-28H,1-4,29-31H2,5H3/b28-27+. The first kappa shape index (κ1) is 40.9. The highest BCUT2D eigenvalue weighted by Crippen LogP contribution is 2.30. The van der Waals surface area contributed by atoms with Crippen molar-refractivity contribution in [2.24, 2.45) is 0 Å². The van der Waals surface area contributed by atoms with E-state index in [1.807, 2.05) is 48.5 Å². The summed E-state index contributed by atoms with van der Waals surface area (Å²) in [5, 5.41) is 0. The Labute approximate surface area is 325 Å². The molecule has 0 spiro atoms. The van der Waals surface area contributed by atoms with Crippen molar-refractivity contribution < 1.29 is 47.6 Å². The molecule has 0 aliphatic carbocycles. The van der Waals surface area contributed by atoms with Gasteiger partial charge in [-0.1, -0.05) is 74.3 Å². The molecule has 4 rings (SSSR count). The van der Waals surface area contributed by atoms with Crippen LogP contribution >= 0.6 is 0 Å². The van der Waals surface area contributed by atoms with Crippen molar-refractivity contribution in [3.63, 3.8) is 0 Å². The van der Waals surface area contributed by atoms with E-state index in [1.165, 1.54) is 13.0 Å². The number of hydrogen-bond acceptors (Lipinski definition) is 10. The molecule has 0 amide bonds. The quantitative estimate of drug-likeness (QED) is 0.0176. The Bertz CT molecular complexity index is 2270. The average molecular weight is 749 g/mol. The largest absolute Gasteiger partial charge is 0.490 e. The van der Waals surface area contributed by atoms with E-state index in [2.05, 4.69) is 50.0 Å². The lowest BCUT2D eigenvalue weighted by molar-refractivity contribution is -0.145. The molecule has 0 saturated heterocycles. The molecule has 0 radical (unpaired) electrons. The topological polar surface area (TPSA) is 124 Å². The van der Waals surface area contributed by atoms with E-state index < -0.39 is 23.9 Å². The Balaban J connectivity index is 1.59. The normalized spacial score (nSPS) is 9.95. The minimum atomic E-state index is -0.742. The smallest absolute Gasteiger partial charge is 0.335 e. The Morgan fingerprint density at radius 1 is 0.607 bits per heavy atom. The predicted octanol–water partition coefficient (Wildman–Crippen LogP) is 7.51. The third kappa shape index (κ3) is 12.7. The second kappa shape index (κ2) is 21.0. The maximum atomic E-state index is 12.5. The van der Waals surface area contributed by atoms with Crippen molar-refractivity contribution in [1.29, 1.82) is 0 Å². The molecule has 0 N–H and O–H groups in total. The van der Waals surface area contributed by atoms with Crippen molar-refractivity contribution in [2.75, 3.05) is 20.0 Å². The number of carbonyl (C=O) groups is 4. The number of benzene rings is 4. The first-order valence-electron chi connectivity index (χ1n) is 16.8. The molecule has 0 bridgehead atoms. The molecule has 4 aromatic rings. The zero-order valence-corrected chi connectivity index (χ0v) is 30.5. The lowest BCUT2D eigenvalue weighted by atomic mass is 10.0. The van der Waals surface area contributed by atoms with E-state index in [9.17, 15) is 19.2 Å². The van der Waals surface area contributed by atoms with Gasteiger partial charge in [0.25, 0.3) is 0 Å². The summed E-state index contributed by atoms with van der Waals surface area (Å²) in [7, 11) is 0. The number of hydrogen-bond donors (Lipinski definition) is 0. The van der Waals surface area contributed by atoms with Gasteiger partial charge in [0, 0.05) is 46.1 Å². The molecular weight excluding hydrogens is 712 g/mol. The van der Waals surface area contributed by atoms with E-state index in [4.69, 9.17) is 28.4 Å². The SMILES string of the molecule is C=CC(=O)O/C=C/c1c(C#Cc2ccc(-c3ccc(OCCOC(=O)C=C)cc3)cc2)ccc(C#Cc2ccc(OCOC(=O)C(=C)C)cc2)c1OC(=O)C=C. The monoisotopic (exact) mass is 748 g/mol. The van der Waals surface area contributed by atoms with E-state index >= 15 is 0 Å². The van der Waals surface area contributed by atoms with Crippen LogP contribution in [-0.4, -0.2) is 43.9 Å². The summed E-state index contributed by atoms with van der Waals surface area (Å²) >= 11 is 0. The summed E-state index contributed by atoms with van der Waals surface area (Å²) in [6.45, 7) is 15.4. The molecule has 10 heteroatoms. The van der Waals surface area contributed by atoms with Gasteiger partial charge in [-0.2, -0.15) is 0 Å². The van der Waals surface area contributed by atoms with Gasteiger partial charge in [0.2, 0.25) is 6.79 Å². The summed E-state index contributed by atoms with van der Waals surface area (Å²) in [6.07, 6.45) is 5.70. The minimum absolute atomic E-state index is 0.0694. The molecule has 280 valence electrons. The molecule has 0 atom stereocenters. The highest BCUT2D eigenvalue weighted by Gasteiger charge is 2.15. The fourth-order valence-corrected chi connectivity index (χ4v) is 4.48. The molecule has 0 saturated carbocycles. The molecule has 0 aromatic heterocycles. The van der Waals surface area contributed by atoms with E-state index in [0.29, 0.717) is 39.3 Å². The van der Waals surface area contributed by atoms with Crippen LogP contribution in [0.1, 0.15) is 34.7 Å². The summed E-state index contributed by atoms with van der Waals surface area (Å²) in [5.74, 6) is 11.0. The van der Waals surface area contributed by atoms with Gasteiger partial charge in [0.15, 0.2) is 5.75 Å². The lowest BCUT2D eigenvalue weighted by Crippen LogP contribution is -2.10. The van der Waals surface area contributed by atoms with Crippen LogP contribution < -0.4 is 14.2 Å². The van der Waals surface area contributed by atoms with Crippen molar-refractivity contribution in [3.8, 4) is 52.1 Å². The van der Waals surface area contributed by atoms with Crippen LogP contribution in [0.5, 0.6) is 17.2 Å². The summed E-state index contributed by atoms with van der Waals surface area (Å²) in [5.41, 5.74) is 4.57. The maximum absolute atomic E-state index is 12.5. The highest BCUT2D eigenvalue weighted by molar-refractivity contribution is 5.87. The molecule has 0 aliphatic heterocycles. The van der Waals surface area contributed by atoms with Gasteiger partial charge < -0.3 is 28.4 Å².